The van der Waals surface area contributed by atoms with E-state index in [9.17, 15) is 14.7 Å². The molecule has 1 fully saturated rings. The highest BCUT2D eigenvalue weighted by Gasteiger charge is 2.45. The lowest BCUT2D eigenvalue weighted by Crippen LogP contribution is -2.62. The first-order valence-corrected chi connectivity index (χ1v) is 7.27. The number of hydrogen-bond donors (Lipinski definition) is 1. The summed E-state index contributed by atoms with van der Waals surface area (Å²) < 4.78 is 9.77. The minimum atomic E-state index is -0.422. The first kappa shape index (κ1) is 17.9. The van der Waals surface area contributed by atoms with Crippen molar-refractivity contribution in [2.75, 3.05) is 13.8 Å². The van der Waals surface area contributed by atoms with Crippen molar-refractivity contribution >= 4 is 11.9 Å². The summed E-state index contributed by atoms with van der Waals surface area (Å²) in [6.07, 6.45) is 0.971. The summed E-state index contributed by atoms with van der Waals surface area (Å²) in [5.74, 6) is -0.841. The third kappa shape index (κ3) is 4.97. The molecule has 0 radical (unpaired) electrons. The van der Waals surface area contributed by atoms with Crippen LogP contribution in [0.15, 0.2) is 0 Å². The fraction of sp³-hybridized carbons (Fsp3) is 0.867. The molecule has 1 rings (SSSR count). The quantitative estimate of drug-likeness (QED) is 0.775. The second-order valence-corrected chi connectivity index (χ2v) is 6.84. The maximum atomic E-state index is 11.7. The van der Waals surface area contributed by atoms with Gasteiger partial charge in [-0.2, -0.15) is 0 Å². The topological polar surface area (TPSA) is 76.1 Å². The van der Waals surface area contributed by atoms with Gasteiger partial charge in [0.25, 0.3) is 0 Å². The Morgan fingerprint density at radius 1 is 1.10 bits per heavy atom. The Balaban J connectivity index is 2.56. The molecule has 0 aromatic rings. The molecule has 0 aliphatic carbocycles. The summed E-state index contributed by atoms with van der Waals surface area (Å²) in [6, 6.07) is 0. The van der Waals surface area contributed by atoms with Crippen molar-refractivity contribution in [2.24, 2.45) is 0 Å². The summed E-state index contributed by atoms with van der Waals surface area (Å²) in [5, 5.41) is 9.96. The van der Waals surface area contributed by atoms with Crippen molar-refractivity contribution in [1.82, 2.24) is 4.90 Å². The van der Waals surface area contributed by atoms with E-state index >= 15 is 0 Å². The number of nitrogens with zero attached hydrogens (tertiary/aromatic N) is 1. The number of piperidine rings is 1. The van der Waals surface area contributed by atoms with E-state index in [-0.39, 0.29) is 36.8 Å². The van der Waals surface area contributed by atoms with Crippen LogP contribution in [0.3, 0.4) is 0 Å². The SMILES string of the molecule is COC(=O)CCC(=O)OCN1C(C)(C)CC(O)CC1(C)C. The van der Waals surface area contributed by atoms with Crippen LogP contribution in [0.5, 0.6) is 0 Å². The van der Waals surface area contributed by atoms with Gasteiger partial charge in [-0.3, -0.25) is 14.5 Å². The number of rotatable bonds is 5. The van der Waals surface area contributed by atoms with E-state index in [0.717, 1.165) is 0 Å². The smallest absolute Gasteiger partial charge is 0.307 e. The number of aliphatic hydroxyl groups is 1. The van der Waals surface area contributed by atoms with E-state index in [1.807, 2.05) is 27.7 Å². The third-order valence-corrected chi connectivity index (χ3v) is 4.05. The van der Waals surface area contributed by atoms with E-state index < -0.39 is 11.9 Å². The number of methoxy groups -OCH3 is 1. The number of carbonyl (C=O) groups excluding carboxylic acids is 2. The van der Waals surface area contributed by atoms with Crippen LogP contribution in [0.25, 0.3) is 0 Å². The van der Waals surface area contributed by atoms with Crippen LogP contribution >= 0.6 is 0 Å². The third-order valence-electron chi connectivity index (χ3n) is 4.05. The van der Waals surface area contributed by atoms with Crippen molar-refractivity contribution in [3.05, 3.63) is 0 Å². The van der Waals surface area contributed by atoms with Crippen molar-refractivity contribution in [3.63, 3.8) is 0 Å². The highest BCUT2D eigenvalue weighted by Crippen LogP contribution is 2.38. The monoisotopic (exact) mass is 301 g/mol. The summed E-state index contributed by atoms with van der Waals surface area (Å²) in [4.78, 5) is 24.8. The lowest BCUT2D eigenvalue weighted by atomic mass is 9.79. The maximum absolute atomic E-state index is 11.7. The lowest BCUT2D eigenvalue weighted by molar-refractivity contribution is -0.167. The Kier molecular flexibility index (Phi) is 5.75. The van der Waals surface area contributed by atoms with Gasteiger partial charge >= 0.3 is 11.9 Å². The molecule has 6 heteroatoms. The van der Waals surface area contributed by atoms with Gasteiger partial charge in [0.15, 0.2) is 0 Å². The average molecular weight is 301 g/mol. The van der Waals surface area contributed by atoms with Gasteiger partial charge in [0.1, 0.15) is 6.73 Å². The van der Waals surface area contributed by atoms with Crippen molar-refractivity contribution < 1.29 is 24.2 Å². The standard InChI is InChI=1S/C15H27NO5/c1-14(2)8-11(17)9-15(3,4)16(14)10-21-13(19)7-6-12(18)20-5/h11,17H,6-10H2,1-5H3. The molecule has 0 spiro atoms. The van der Waals surface area contributed by atoms with Crippen molar-refractivity contribution in [1.29, 1.82) is 0 Å². The molecular formula is C15H27NO5. The fourth-order valence-corrected chi connectivity index (χ4v) is 3.13. The zero-order valence-corrected chi connectivity index (χ0v) is 13.6. The van der Waals surface area contributed by atoms with Gasteiger partial charge < -0.3 is 14.6 Å². The molecule has 1 saturated heterocycles. The molecule has 1 heterocycles. The number of ether oxygens (including phenoxy) is 2. The number of carbonyl (C=O) groups is 2. The molecule has 1 aliphatic heterocycles. The molecule has 0 aromatic carbocycles. The predicted octanol–water partition coefficient (Wildman–Crippen LogP) is 1.45. The van der Waals surface area contributed by atoms with Crippen LogP contribution in [0.4, 0.5) is 0 Å². The molecule has 0 bridgehead atoms. The van der Waals surface area contributed by atoms with Gasteiger partial charge in [0.05, 0.1) is 26.1 Å². The molecule has 1 N–H and O–H groups in total. The number of esters is 2. The van der Waals surface area contributed by atoms with Crippen molar-refractivity contribution in [2.45, 2.75) is 70.6 Å². The van der Waals surface area contributed by atoms with E-state index in [4.69, 9.17) is 4.74 Å². The summed E-state index contributed by atoms with van der Waals surface area (Å²) in [7, 11) is 1.29. The van der Waals surface area contributed by atoms with Crippen LogP contribution < -0.4 is 0 Å². The predicted molar refractivity (Wildman–Crippen MR) is 77.4 cm³/mol. The molecule has 0 amide bonds. The Hall–Kier alpha value is -1.14. The van der Waals surface area contributed by atoms with E-state index in [1.54, 1.807) is 0 Å². The molecule has 21 heavy (non-hydrogen) atoms. The summed E-state index contributed by atoms with van der Waals surface area (Å²) in [6.45, 7) is 8.27. The number of aliphatic hydroxyl groups excluding tert-OH is 1. The van der Waals surface area contributed by atoms with Crippen molar-refractivity contribution in [3.8, 4) is 0 Å². The van der Waals surface area contributed by atoms with E-state index in [2.05, 4.69) is 9.64 Å². The minimum absolute atomic E-state index is 0.0179. The average Bonchev–Trinajstić information content (AvgIpc) is 2.32. The molecular weight excluding hydrogens is 274 g/mol. The Morgan fingerprint density at radius 2 is 1.57 bits per heavy atom. The first-order valence-electron chi connectivity index (χ1n) is 7.27. The molecule has 1 aliphatic rings. The molecule has 0 unspecified atom stereocenters. The van der Waals surface area contributed by atoms with Crippen LogP contribution in [0, 0.1) is 0 Å². The Labute approximate surface area is 126 Å². The lowest BCUT2D eigenvalue weighted by Gasteiger charge is -2.53. The molecule has 6 nitrogen and oxygen atoms in total. The summed E-state index contributed by atoms with van der Waals surface area (Å²) in [5.41, 5.74) is -0.520. The van der Waals surface area contributed by atoms with Crippen LogP contribution in [-0.2, 0) is 19.1 Å². The normalized spacial score (nSPS) is 21.8. The van der Waals surface area contributed by atoms with Gasteiger partial charge in [0, 0.05) is 11.1 Å². The minimum Gasteiger partial charge on any atom is -0.469 e. The fourth-order valence-electron chi connectivity index (χ4n) is 3.13. The van der Waals surface area contributed by atoms with Gasteiger partial charge in [-0.25, -0.2) is 0 Å². The van der Waals surface area contributed by atoms with Crippen LogP contribution in [-0.4, -0.2) is 53.0 Å². The summed E-state index contributed by atoms with van der Waals surface area (Å²) >= 11 is 0. The van der Waals surface area contributed by atoms with Crippen LogP contribution in [0.2, 0.25) is 0 Å². The van der Waals surface area contributed by atoms with Gasteiger partial charge in [-0.1, -0.05) is 0 Å². The number of hydrogen-bond acceptors (Lipinski definition) is 6. The Bertz CT molecular complexity index is 374. The van der Waals surface area contributed by atoms with E-state index in [0.29, 0.717) is 12.8 Å². The largest absolute Gasteiger partial charge is 0.469 e. The number of likely N-dealkylation sites (tertiary alicyclic amines) is 1. The van der Waals surface area contributed by atoms with E-state index in [1.165, 1.54) is 7.11 Å². The molecule has 0 aromatic heterocycles. The van der Waals surface area contributed by atoms with Crippen LogP contribution in [0.1, 0.15) is 53.4 Å². The zero-order valence-electron chi connectivity index (χ0n) is 13.6. The molecule has 122 valence electrons. The van der Waals surface area contributed by atoms with Gasteiger partial charge in [-0.05, 0) is 40.5 Å². The highest BCUT2D eigenvalue weighted by atomic mass is 16.5. The van der Waals surface area contributed by atoms with Gasteiger partial charge in [-0.15, -0.1) is 0 Å². The molecule has 0 atom stereocenters. The highest BCUT2D eigenvalue weighted by molar-refractivity contribution is 5.77. The second kappa shape index (κ2) is 6.75. The molecule has 0 saturated carbocycles. The first-order chi connectivity index (χ1) is 9.58. The van der Waals surface area contributed by atoms with Gasteiger partial charge in [0.2, 0.25) is 0 Å². The second-order valence-electron chi connectivity index (χ2n) is 6.84. The zero-order chi connectivity index (χ0) is 16.3. The maximum Gasteiger partial charge on any atom is 0.307 e. The Morgan fingerprint density at radius 3 is 2.05 bits per heavy atom.